The Balaban J connectivity index is 3.13. The van der Waals surface area contributed by atoms with E-state index in [1.165, 1.54) is 4.90 Å². The number of aliphatic hydroxyl groups is 1. The fraction of sp³-hybridized carbons (Fsp3) is 0.750. The summed E-state index contributed by atoms with van der Waals surface area (Å²) in [7, 11) is 0. The molecule has 1 aliphatic heterocycles. The zero-order chi connectivity index (χ0) is 28.8. The SMILES string of the molecule is CCN(CC)C(=O)[C@@H]1CCCN1C(=O)[C@H](CCCCN)NC(=O)[C@H](CC(=O)O)NC(=O)[C@H](CO)NC(C)=O. The predicted octanol–water partition coefficient (Wildman–Crippen LogP) is -2.08. The molecular formula is C24H42N6O8. The van der Waals surface area contributed by atoms with Gasteiger partial charge in [0.25, 0.3) is 0 Å². The lowest BCUT2D eigenvalue weighted by atomic mass is 10.1. The third-order valence-electron chi connectivity index (χ3n) is 6.35. The fourth-order valence-corrected chi connectivity index (χ4v) is 4.35. The molecule has 7 N–H and O–H groups in total. The van der Waals surface area contributed by atoms with Crippen molar-refractivity contribution in [3.63, 3.8) is 0 Å². The largest absolute Gasteiger partial charge is 0.481 e. The number of aliphatic carboxylic acids is 1. The molecule has 0 saturated carbocycles. The van der Waals surface area contributed by atoms with Crippen LogP contribution in [0.2, 0.25) is 0 Å². The first-order valence-corrected chi connectivity index (χ1v) is 13.0. The average molecular weight is 543 g/mol. The number of likely N-dealkylation sites (tertiary alicyclic amines) is 1. The molecule has 14 heteroatoms. The molecule has 1 heterocycles. The van der Waals surface area contributed by atoms with Gasteiger partial charge in [-0.05, 0) is 52.5 Å². The van der Waals surface area contributed by atoms with Gasteiger partial charge in [-0.3, -0.25) is 28.8 Å². The number of hydrogen-bond acceptors (Lipinski definition) is 8. The third-order valence-corrected chi connectivity index (χ3v) is 6.35. The second-order valence-electron chi connectivity index (χ2n) is 9.14. The molecule has 1 saturated heterocycles. The maximum Gasteiger partial charge on any atom is 0.305 e. The Labute approximate surface area is 222 Å². The van der Waals surface area contributed by atoms with Crippen LogP contribution in [0.25, 0.3) is 0 Å². The molecule has 0 spiro atoms. The summed E-state index contributed by atoms with van der Waals surface area (Å²) in [6, 6.07) is -4.71. The molecule has 0 radical (unpaired) electrons. The highest BCUT2D eigenvalue weighted by atomic mass is 16.4. The number of unbranched alkanes of at least 4 members (excludes halogenated alkanes) is 1. The molecule has 4 atom stereocenters. The highest BCUT2D eigenvalue weighted by molar-refractivity contribution is 5.97. The van der Waals surface area contributed by atoms with Crippen LogP contribution in [-0.4, -0.2) is 112 Å². The average Bonchev–Trinajstić information content (AvgIpc) is 3.36. The molecule has 0 bridgehead atoms. The van der Waals surface area contributed by atoms with Gasteiger partial charge in [-0.1, -0.05) is 0 Å². The van der Waals surface area contributed by atoms with Crippen LogP contribution in [0.5, 0.6) is 0 Å². The Morgan fingerprint density at radius 2 is 1.58 bits per heavy atom. The normalized spacial score (nSPS) is 17.2. The molecule has 5 amide bonds. The van der Waals surface area contributed by atoms with E-state index in [0.29, 0.717) is 51.9 Å². The smallest absolute Gasteiger partial charge is 0.305 e. The molecule has 1 rings (SSSR count). The number of carboxylic acids is 1. The summed E-state index contributed by atoms with van der Waals surface area (Å²) < 4.78 is 0. The number of carboxylic acid groups (broad SMARTS) is 1. The molecule has 14 nitrogen and oxygen atoms in total. The van der Waals surface area contributed by atoms with Crippen molar-refractivity contribution in [1.82, 2.24) is 25.8 Å². The van der Waals surface area contributed by atoms with Crippen molar-refractivity contribution in [3.8, 4) is 0 Å². The number of likely N-dealkylation sites (N-methyl/N-ethyl adjacent to an activating group) is 1. The van der Waals surface area contributed by atoms with Crippen molar-refractivity contribution in [3.05, 3.63) is 0 Å². The first-order valence-electron chi connectivity index (χ1n) is 13.0. The second-order valence-corrected chi connectivity index (χ2v) is 9.14. The minimum atomic E-state index is -1.58. The standard InChI is InChI=1S/C24H42N6O8/c1-4-29(5-2)24(38)19-10-8-12-30(19)23(37)16(9-6-7-11-25)27-21(35)17(13-20(33)34)28-22(36)18(14-31)26-15(3)32/h16-19,31H,4-14,25H2,1-3H3,(H,26,32)(H,27,35)(H,28,36)(H,33,34)/t16-,17-,18-,19-/m0/s1. The molecular weight excluding hydrogens is 500 g/mol. The second kappa shape index (κ2) is 16.6. The molecule has 38 heavy (non-hydrogen) atoms. The Bertz CT molecular complexity index is 850. The van der Waals surface area contributed by atoms with E-state index in [1.54, 1.807) is 4.90 Å². The summed E-state index contributed by atoms with van der Waals surface area (Å²) >= 11 is 0. The van der Waals surface area contributed by atoms with Gasteiger partial charge >= 0.3 is 5.97 Å². The number of nitrogens with one attached hydrogen (secondary N) is 3. The van der Waals surface area contributed by atoms with E-state index in [1.807, 2.05) is 13.8 Å². The van der Waals surface area contributed by atoms with Gasteiger partial charge in [-0.25, -0.2) is 0 Å². The van der Waals surface area contributed by atoms with E-state index in [2.05, 4.69) is 16.0 Å². The Kier molecular flexibility index (Phi) is 14.3. The highest BCUT2D eigenvalue weighted by Gasteiger charge is 2.39. The Morgan fingerprint density at radius 3 is 2.11 bits per heavy atom. The number of nitrogens with two attached hydrogens (primary N) is 1. The highest BCUT2D eigenvalue weighted by Crippen LogP contribution is 2.22. The fourth-order valence-electron chi connectivity index (χ4n) is 4.35. The van der Waals surface area contributed by atoms with Gasteiger partial charge in [0.1, 0.15) is 24.2 Å². The van der Waals surface area contributed by atoms with Crippen molar-refractivity contribution < 1.29 is 39.0 Å². The molecule has 0 aromatic carbocycles. The molecule has 0 unspecified atom stereocenters. The monoisotopic (exact) mass is 542 g/mol. The van der Waals surface area contributed by atoms with Gasteiger partial charge in [-0.15, -0.1) is 0 Å². The minimum Gasteiger partial charge on any atom is -0.481 e. The number of aliphatic hydroxyl groups excluding tert-OH is 1. The maximum absolute atomic E-state index is 13.6. The summed E-state index contributed by atoms with van der Waals surface area (Å²) in [5.74, 6) is -4.51. The van der Waals surface area contributed by atoms with Gasteiger partial charge in [0.15, 0.2) is 0 Å². The molecule has 0 aromatic heterocycles. The zero-order valence-corrected chi connectivity index (χ0v) is 22.4. The lowest BCUT2D eigenvalue weighted by molar-refractivity contribution is -0.146. The van der Waals surface area contributed by atoms with Crippen LogP contribution in [0.3, 0.4) is 0 Å². The van der Waals surface area contributed by atoms with Crippen molar-refractivity contribution >= 4 is 35.5 Å². The number of hydrogen-bond donors (Lipinski definition) is 6. The van der Waals surface area contributed by atoms with Crippen LogP contribution in [0.4, 0.5) is 0 Å². The Morgan fingerprint density at radius 1 is 0.974 bits per heavy atom. The molecule has 1 aliphatic rings. The lowest BCUT2D eigenvalue weighted by Gasteiger charge is -2.32. The van der Waals surface area contributed by atoms with E-state index in [0.717, 1.165) is 6.92 Å². The maximum atomic E-state index is 13.6. The predicted molar refractivity (Wildman–Crippen MR) is 136 cm³/mol. The number of carbonyl (C=O) groups excluding carboxylic acids is 5. The van der Waals surface area contributed by atoms with Crippen LogP contribution in [-0.2, 0) is 28.8 Å². The lowest BCUT2D eigenvalue weighted by Crippen LogP contribution is -2.59. The zero-order valence-electron chi connectivity index (χ0n) is 22.4. The van der Waals surface area contributed by atoms with E-state index in [9.17, 15) is 39.0 Å². The summed E-state index contributed by atoms with van der Waals surface area (Å²) in [6.45, 7) is 5.75. The topological polar surface area (TPSA) is 211 Å². The van der Waals surface area contributed by atoms with Gasteiger partial charge in [0.2, 0.25) is 29.5 Å². The van der Waals surface area contributed by atoms with Crippen molar-refractivity contribution in [2.24, 2.45) is 5.73 Å². The molecule has 0 aliphatic carbocycles. The van der Waals surface area contributed by atoms with Gasteiger partial charge in [0, 0.05) is 26.6 Å². The van der Waals surface area contributed by atoms with Crippen molar-refractivity contribution in [2.45, 2.75) is 83.5 Å². The first kappa shape index (κ1) is 32.8. The van der Waals surface area contributed by atoms with Crippen LogP contribution < -0.4 is 21.7 Å². The number of rotatable bonds is 16. The van der Waals surface area contributed by atoms with E-state index >= 15 is 0 Å². The molecule has 1 fully saturated rings. The van der Waals surface area contributed by atoms with Gasteiger partial charge in [0.05, 0.1) is 13.0 Å². The molecule has 0 aromatic rings. The third kappa shape index (κ3) is 9.89. The summed E-state index contributed by atoms with van der Waals surface area (Å²) in [4.78, 5) is 78.0. The van der Waals surface area contributed by atoms with Crippen molar-refractivity contribution in [1.29, 1.82) is 0 Å². The first-order chi connectivity index (χ1) is 18.0. The van der Waals surface area contributed by atoms with Crippen molar-refractivity contribution in [2.75, 3.05) is 32.8 Å². The van der Waals surface area contributed by atoms with Crippen LogP contribution in [0.1, 0.15) is 59.3 Å². The number of carbonyl (C=O) groups is 6. The van der Waals surface area contributed by atoms with E-state index in [-0.39, 0.29) is 12.3 Å². The summed E-state index contributed by atoms with van der Waals surface area (Å²) in [6.07, 6.45) is 1.58. The van der Waals surface area contributed by atoms with Gasteiger partial charge < -0.3 is 41.7 Å². The van der Waals surface area contributed by atoms with Gasteiger partial charge in [-0.2, -0.15) is 0 Å². The number of nitrogens with zero attached hydrogens (tertiary/aromatic N) is 2. The number of amides is 5. The minimum absolute atomic E-state index is 0.170. The quantitative estimate of drug-likeness (QED) is 0.118. The van der Waals surface area contributed by atoms with E-state index in [4.69, 9.17) is 5.73 Å². The summed E-state index contributed by atoms with van der Waals surface area (Å²) in [5, 5.41) is 25.7. The van der Waals surface area contributed by atoms with Crippen LogP contribution >= 0.6 is 0 Å². The van der Waals surface area contributed by atoms with Crippen LogP contribution in [0, 0.1) is 0 Å². The van der Waals surface area contributed by atoms with E-state index < -0.39 is 66.8 Å². The molecule has 216 valence electrons. The van der Waals surface area contributed by atoms with Crippen LogP contribution in [0.15, 0.2) is 0 Å². The summed E-state index contributed by atoms with van der Waals surface area (Å²) in [5.41, 5.74) is 5.58. The Hall–Kier alpha value is -3.26.